The standard InChI is InChI=1S/C14H19F3N2/c1-11-4-2-3-5-13(11)18-12-6-8-19(9-7-12)10-14(15,16)17/h2-5,12,18H,6-10H2,1H3. The molecule has 1 heterocycles. The highest BCUT2D eigenvalue weighted by molar-refractivity contribution is 5.50. The van der Waals surface area contributed by atoms with Crippen molar-refractivity contribution in [3.05, 3.63) is 29.8 Å². The molecule has 2 nitrogen and oxygen atoms in total. The molecule has 0 radical (unpaired) electrons. The average Bonchev–Trinajstić information content (AvgIpc) is 2.33. The van der Waals surface area contributed by atoms with Crippen LogP contribution in [0.15, 0.2) is 24.3 Å². The third-order valence-electron chi connectivity index (χ3n) is 3.50. The topological polar surface area (TPSA) is 15.3 Å². The summed E-state index contributed by atoms with van der Waals surface area (Å²) in [6, 6.07) is 8.25. The van der Waals surface area contributed by atoms with Crippen LogP contribution in [-0.4, -0.2) is 36.8 Å². The van der Waals surface area contributed by atoms with Gasteiger partial charge in [0.2, 0.25) is 0 Å². The lowest BCUT2D eigenvalue weighted by Gasteiger charge is -2.33. The lowest BCUT2D eigenvalue weighted by molar-refractivity contribution is -0.147. The lowest BCUT2D eigenvalue weighted by atomic mass is 10.0. The summed E-state index contributed by atoms with van der Waals surface area (Å²) >= 11 is 0. The van der Waals surface area contributed by atoms with Gasteiger partial charge in [-0.15, -0.1) is 0 Å². The fraction of sp³-hybridized carbons (Fsp3) is 0.571. The number of anilines is 1. The van der Waals surface area contributed by atoms with E-state index in [-0.39, 0.29) is 6.04 Å². The second-order valence-electron chi connectivity index (χ2n) is 5.12. The van der Waals surface area contributed by atoms with Crippen LogP contribution in [0, 0.1) is 6.92 Å². The molecule has 106 valence electrons. The Balaban J connectivity index is 1.82. The number of benzene rings is 1. The number of nitrogens with zero attached hydrogens (tertiary/aromatic N) is 1. The first-order valence-corrected chi connectivity index (χ1v) is 6.55. The van der Waals surface area contributed by atoms with Crippen LogP contribution >= 0.6 is 0 Å². The molecule has 5 heteroatoms. The lowest BCUT2D eigenvalue weighted by Crippen LogP contribution is -2.43. The summed E-state index contributed by atoms with van der Waals surface area (Å²) in [5.74, 6) is 0. The number of piperidine rings is 1. The van der Waals surface area contributed by atoms with Crippen LogP contribution in [0.25, 0.3) is 0 Å². The van der Waals surface area contributed by atoms with E-state index in [1.54, 1.807) is 0 Å². The maximum atomic E-state index is 12.3. The summed E-state index contributed by atoms with van der Waals surface area (Å²) in [4.78, 5) is 1.48. The van der Waals surface area contributed by atoms with Crippen molar-refractivity contribution in [2.45, 2.75) is 32.0 Å². The fourth-order valence-corrected chi connectivity index (χ4v) is 2.44. The molecule has 0 atom stereocenters. The minimum atomic E-state index is -4.09. The second-order valence-corrected chi connectivity index (χ2v) is 5.12. The fourth-order valence-electron chi connectivity index (χ4n) is 2.44. The Bertz CT molecular complexity index is 409. The zero-order chi connectivity index (χ0) is 13.9. The molecule has 0 aliphatic carbocycles. The summed E-state index contributed by atoms with van der Waals surface area (Å²) in [7, 11) is 0. The first kappa shape index (κ1) is 14.2. The van der Waals surface area contributed by atoms with E-state index >= 15 is 0 Å². The normalized spacial score (nSPS) is 18.5. The number of para-hydroxylation sites is 1. The van der Waals surface area contributed by atoms with Crippen LogP contribution in [0.2, 0.25) is 0 Å². The zero-order valence-electron chi connectivity index (χ0n) is 11.0. The van der Waals surface area contributed by atoms with Gasteiger partial charge in [0, 0.05) is 24.8 Å². The van der Waals surface area contributed by atoms with Crippen molar-refractivity contribution < 1.29 is 13.2 Å². The van der Waals surface area contributed by atoms with Gasteiger partial charge in [0.15, 0.2) is 0 Å². The van der Waals surface area contributed by atoms with Gasteiger partial charge in [-0.1, -0.05) is 18.2 Å². The van der Waals surface area contributed by atoms with Crippen molar-refractivity contribution in [3.63, 3.8) is 0 Å². The van der Waals surface area contributed by atoms with Crippen LogP contribution in [0.5, 0.6) is 0 Å². The first-order valence-electron chi connectivity index (χ1n) is 6.55. The van der Waals surface area contributed by atoms with Crippen molar-refractivity contribution >= 4 is 5.69 Å². The number of likely N-dealkylation sites (tertiary alicyclic amines) is 1. The molecule has 1 N–H and O–H groups in total. The Kier molecular flexibility index (Phi) is 4.34. The van der Waals surface area contributed by atoms with E-state index in [1.165, 1.54) is 10.5 Å². The number of halogens is 3. The van der Waals surface area contributed by atoms with Gasteiger partial charge in [0.25, 0.3) is 0 Å². The molecule has 2 rings (SSSR count). The highest BCUT2D eigenvalue weighted by Crippen LogP contribution is 2.22. The predicted octanol–water partition coefficient (Wildman–Crippen LogP) is 3.43. The van der Waals surface area contributed by atoms with Crippen LogP contribution in [0.1, 0.15) is 18.4 Å². The number of rotatable bonds is 3. The van der Waals surface area contributed by atoms with E-state index < -0.39 is 12.7 Å². The number of nitrogens with one attached hydrogen (secondary N) is 1. The molecule has 0 unspecified atom stereocenters. The van der Waals surface area contributed by atoms with Crippen molar-refractivity contribution in [3.8, 4) is 0 Å². The van der Waals surface area contributed by atoms with Gasteiger partial charge in [0.1, 0.15) is 0 Å². The van der Waals surface area contributed by atoms with Gasteiger partial charge in [0.05, 0.1) is 6.54 Å². The Morgan fingerprint density at radius 3 is 2.42 bits per heavy atom. The predicted molar refractivity (Wildman–Crippen MR) is 70.3 cm³/mol. The quantitative estimate of drug-likeness (QED) is 0.907. The minimum absolute atomic E-state index is 0.269. The molecular weight excluding hydrogens is 253 g/mol. The largest absolute Gasteiger partial charge is 0.401 e. The Hall–Kier alpha value is -1.23. The minimum Gasteiger partial charge on any atom is -0.382 e. The van der Waals surface area contributed by atoms with Crippen molar-refractivity contribution in [2.24, 2.45) is 0 Å². The number of hydrogen-bond acceptors (Lipinski definition) is 2. The van der Waals surface area contributed by atoms with Crippen molar-refractivity contribution in [1.82, 2.24) is 4.90 Å². The van der Waals surface area contributed by atoms with E-state index in [9.17, 15) is 13.2 Å². The molecule has 1 fully saturated rings. The summed E-state index contributed by atoms with van der Waals surface area (Å²) in [5.41, 5.74) is 2.25. The van der Waals surface area contributed by atoms with E-state index in [0.29, 0.717) is 13.1 Å². The Morgan fingerprint density at radius 1 is 1.21 bits per heavy atom. The smallest absolute Gasteiger partial charge is 0.382 e. The van der Waals surface area contributed by atoms with Gasteiger partial charge < -0.3 is 5.32 Å². The second kappa shape index (κ2) is 5.82. The van der Waals surface area contributed by atoms with Crippen LogP contribution < -0.4 is 5.32 Å². The third-order valence-corrected chi connectivity index (χ3v) is 3.50. The van der Waals surface area contributed by atoms with Gasteiger partial charge in [-0.25, -0.2) is 0 Å². The maximum absolute atomic E-state index is 12.3. The molecule has 0 aromatic heterocycles. The SMILES string of the molecule is Cc1ccccc1NC1CCN(CC(F)(F)F)CC1. The third kappa shape index (κ3) is 4.42. The van der Waals surface area contributed by atoms with Gasteiger partial charge in [-0.05, 0) is 31.4 Å². The molecule has 1 saturated heterocycles. The number of aryl methyl sites for hydroxylation is 1. The molecule has 1 aromatic rings. The monoisotopic (exact) mass is 272 g/mol. The summed E-state index contributed by atoms with van der Waals surface area (Å²) in [6.45, 7) is 2.25. The molecule has 1 aromatic carbocycles. The highest BCUT2D eigenvalue weighted by atomic mass is 19.4. The summed E-state index contributed by atoms with van der Waals surface area (Å²) in [5, 5.41) is 3.42. The van der Waals surface area contributed by atoms with E-state index in [4.69, 9.17) is 0 Å². The van der Waals surface area contributed by atoms with E-state index in [2.05, 4.69) is 5.32 Å². The number of alkyl halides is 3. The van der Waals surface area contributed by atoms with Crippen LogP contribution in [0.4, 0.5) is 18.9 Å². The molecule has 1 aliphatic heterocycles. The summed E-state index contributed by atoms with van der Waals surface area (Å²) < 4.78 is 36.8. The molecule has 1 aliphatic rings. The van der Waals surface area contributed by atoms with Crippen LogP contribution in [0.3, 0.4) is 0 Å². The Labute approximate surface area is 111 Å². The average molecular weight is 272 g/mol. The van der Waals surface area contributed by atoms with Gasteiger partial charge in [-0.3, -0.25) is 4.90 Å². The molecular formula is C14H19F3N2. The highest BCUT2D eigenvalue weighted by Gasteiger charge is 2.32. The maximum Gasteiger partial charge on any atom is 0.401 e. The van der Waals surface area contributed by atoms with Gasteiger partial charge in [-0.2, -0.15) is 13.2 Å². The van der Waals surface area contributed by atoms with Crippen molar-refractivity contribution in [1.29, 1.82) is 0 Å². The first-order chi connectivity index (χ1) is 8.94. The van der Waals surface area contributed by atoms with E-state index in [0.717, 1.165) is 18.5 Å². The van der Waals surface area contributed by atoms with Gasteiger partial charge >= 0.3 is 6.18 Å². The molecule has 0 bridgehead atoms. The molecule has 0 spiro atoms. The summed E-state index contributed by atoms with van der Waals surface area (Å²) in [6.07, 6.45) is -2.58. The zero-order valence-corrected chi connectivity index (χ0v) is 11.0. The molecule has 0 amide bonds. The molecule has 19 heavy (non-hydrogen) atoms. The van der Waals surface area contributed by atoms with Crippen molar-refractivity contribution in [2.75, 3.05) is 25.0 Å². The Morgan fingerprint density at radius 2 is 1.84 bits per heavy atom. The number of hydrogen-bond donors (Lipinski definition) is 1. The van der Waals surface area contributed by atoms with Crippen LogP contribution in [-0.2, 0) is 0 Å². The van der Waals surface area contributed by atoms with E-state index in [1.807, 2.05) is 31.2 Å². The molecule has 0 saturated carbocycles.